The first kappa shape index (κ1) is 13.2. The van der Waals surface area contributed by atoms with Gasteiger partial charge in [0.1, 0.15) is 0 Å². The number of hydrogen-bond donors (Lipinski definition) is 1. The Balaban J connectivity index is 1.68. The number of anilines is 1. The van der Waals surface area contributed by atoms with E-state index >= 15 is 0 Å². The first-order chi connectivity index (χ1) is 9.20. The largest absolute Gasteiger partial charge is 0.399 e. The molecule has 2 aliphatic heterocycles. The van der Waals surface area contributed by atoms with Gasteiger partial charge in [-0.3, -0.25) is 9.80 Å². The Hall–Kier alpha value is -0.770. The molecule has 0 spiro atoms. The average Bonchev–Trinajstić information content (AvgIpc) is 2.67. The SMILES string of the molecule is Nc1cc(Cl)cc(CN2CCCN3CCCC3C2)c1. The highest BCUT2D eigenvalue weighted by molar-refractivity contribution is 6.30. The lowest BCUT2D eigenvalue weighted by Crippen LogP contribution is -2.36. The van der Waals surface area contributed by atoms with Gasteiger partial charge in [-0.05, 0) is 62.7 Å². The summed E-state index contributed by atoms with van der Waals surface area (Å²) >= 11 is 6.08. The van der Waals surface area contributed by atoms with Gasteiger partial charge in [-0.25, -0.2) is 0 Å². The normalized spacial score (nSPS) is 25.2. The van der Waals surface area contributed by atoms with Crippen molar-refractivity contribution in [2.75, 3.05) is 31.9 Å². The van der Waals surface area contributed by atoms with E-state index in [2.05, 4.69) is 9.80 Å². The van der Waals surface area contributed by atoms with Crippen molar-refractivity contribution in [2.45, 2.75) is 31.8 Å². The molecule has 3 nitrogen and oxygen atoms in total. The molecule has 1 atom stereocenters. The second-order valence-electron chi connectivity index (χ2n) is 5.81. The molecule has 0 aromatic heterocycles. The maximum atomic E-state index is 6.08. The van der Waals surface area contributed by atoms with Gasteiger partial charge in [0, 0.05) is 29.8 Å². The number of nitrogen functional groups attached to an aromatic ring is 1. The van der Waals surface area contributed by atoms with Crippen molar-refractivity contribution in [3.63, 3.8) is 0 Å². The number of nitrogens with zero attached hydrogens (tertiary/aromatic N) is 2. The zero-order chi connectivity index (χ0) is 13.2. The highest BCUT2D eigenvalue weighted by Crippen LogP contribution is 2.23. The van der Waals surface area contributed by atoms with Crippen LogP contribution in [0.5, 0.6) is 0 Å². The van der Waals surface area contributed by atoms with Gasteiger partial charge in [-0.2, -0.15) is 0 Å². The molecule has 0 bridgehead atoms. The summed E-state index contributed by atoms with van der Waals surface area (Å²) in [6, 6.07) is 6.66. The second-order valence-corrected chi connectivity index (χ2v) is 6.25. The van der Waals surface area contributed by atoms with E-state index in [-0.39, 0.29) is 0 Å². The maximum Gasteiger partial charge on any atom is 0.0429 e. The topological polar surface area (TPSA) is 32.5 Å². The number of fused-ring (bicyclic) bond motifs is 1. The van der Waals surface area contributed by atoms with Crippen LogP contribution in [0.1, 0.15) is 24.8 Å². The standard InChI is InChI=1S/C15H22ClN3/c16-13-7-12(8-14(17)9-13)10-18-4-2-6-19-5-1-3-15(19)11-18/h7-9,15H,1-6,10-11,17H2. The number of hydrogen-bond acceptors (Lipinski definition) is 3. The predicted octanol–water partition coefficient (Wildman–Crippen LogP) is 2.59. The van der Waals surface area contributed by atoms with Crippen LogP contribution in [-0.2, 0) is 6.54 Å². The van der Waals surface area contributed by atoms with Crippen LogP contribution < -0.4 is 5.73 Å². The molecule has 2 aliphatic rings. The molecule has 19 heavy (non-hydrogen) atoms. The molecule has 1 aromatic carbocycles. The number of halogens is 1. The summed E-state index contributed by atoms with van der Waals surface area (Å²) in [5.41, 5.74) is 7.87. The Morgan fingerprint density at radius 2 is 2.00 bits per heavy atom. The zero-order valence-corrected chi connectivity index (χ0v) is 12.1. The molecule has 0 aliphatic carbocycles. The maximum absolute atomic E-state index is 6.08. The Morgan fingerprint density at radius 1 is 1.16 bits per heavy atom. The average molecular weight is 280 g/mol. The van der Waals surface area contributed by atoms with Gasteiger partial charge in [0.2, 0.25) is 0 Å². The summed E-state index contributed by atoms with van der Waals surface area (Å²) in [5.74, 6) is 0. The number of benzene rings is 1. The van der Waals surface area contributed by atoms with E-state index in [1.54, 1.807) is 0 Å². The van der Waals surface area contributed by atoms with E-state index in [1.165, 1.54) is 51.0 Å². The fourth-order valence-electron chi connectivity index (χ4n) is 3.45. The molecule has 0 amide bonds. The number of nitrogens with two attached hydrogens (primary N) is 1. The van der Waals surface area contributed by atoms with Gasteiger partial charge in [0.15, 0.2) is 0 Å². The first-order valence-corrected chi connectivity index (χ1v) is 7.60. The lowest BCUT2D eigenvalue weighted by Gasteiger charge is -2.25. The Morgan fingerprint density at radius 3 is 2.84 bits per heavy atom. The lowest BCUT2D eigenvalue weighted by molar-refractivity contribution is 0.215. The van der Waals surface area contributed by atoms with Crippen LogP contribution >= 0.6 is 11.6 Å². The molecular weight excluding hydrogens is 258 g/mol. The molecule has 2 fully saturated rings. The lowest BCUT2D eigenvalue weighted by atomic mass is 10.1. The van der Waals surface area contributed by atoms with E-state index in [4.69, 9.17) is 17.3 Å². The van der Waals surface area contributed by atoms with Crippen LogP contribution in [0.25, 0.3) is 0 Å². The zero-order valence-electron chi connectivity index (χ0n) is 11.3. The Labute approximate surface area is 120 Å². The summed E-state index contributed by atoms with van der Waals surface area (Å²) in [5, 5.41) is 0.743. The minimum absolute atomic E-state index is 0.743. The first-order valence-electron chi connectivity index (χ1n) is 7.22. The smallest absolute Gasteiger partial charge is 0.0429 e. The van der Waals surface area contributed by atoms with Crippen molar-refractivity contribution in [3.05, 3.63) is 28.8 Å². The summed E-state index contributed by atoms with van der Waals surface area (Å²) < 4.78 is 0. The Bertz CT molecular complexity index is 429. The molecule has 0 radical (unpaired) electrons. The fourth-order valence-corrected chi connectivity index (χ4v) is 3.72. The summed E-state index contributed by atoms with van der Waals surface area (Å²) in [6.45, 7) is 5.89. The third kappa shape index (κ3) is 3.22. The highest BCUT2D eigenvalue weighted by Gasteiger charge is 2.28. The fraction of sp³-hybridized carbons (Fsp3) is 0.600. The molecule has 104 valence electrons. The van der Waals surface area contributed by atoms with Crippen molar-refractivity contribution in [1.29, 1.82) is 0 Å². The summed E-state index contributed by atoms with van der Waals surface area (Å²) in [4.78, 5) is 5.22. The monoisotopic (exact) mass is 279 g/mol. The van der Waals surface area contributed by atoms with Gasteiger partial charge in [0.05, 0.1) is 0 Å². The second kappa shape index (κ2) is 5.70. The van der Waals surface area contributed by atoms with E-state index in [0.717, 1.165) is 23.3 Å². The van der Waals surface area contributed by atoms with Gasteiger partial charge in [-0.1, -0.05) is 11.6 Å². The van der Waals surface area contributed by atoms with Crippen LogP contribution in [-0.4, -0.2) is 42.0 Å². The van der Waals surface area contributed by atoms with Crippen molar-refractivity contribution in [1.82, 2.24) is 9.80 Å². The van der Waals surface area contributed by atoms with Crippen molar-refractivity contribution < 1.29 is 0 Å². The number of rotatable bonds is 2. The summed E-state index contributed by atoms with van der Waals surface area (Å²) in [7, 11) is 0. The van der Waals surface area contributed by atoms with E-state index in [1.807, 2.05) is 18.2 Å². The molecule has 1 aromatic rings. The highest BCUT2D eigenvalue weighted by atomic mass is 35.5. The van der Waals surface area contributed by atoms with Crippen molar-refractivity contribution in [3.8, 4) is 0 Å². The quantitative estimate of drug-likeness (QED) is 0.845. The molecule has 2 N–H and O–H groups in total. The molecule has 1 unspecified atom stereocenters. The molecule has 3 rings (SSSR count). The van der Waals surface area contributed by atoms with Crippen LogP contribution in [0.3, 0.4) is 0 Å². The van der Waals surface area contributed by atoms with Crippen LogP contribution in [0, 0.1) is 0 Å². The Kier molecular flexibility index (Phi) is 3.96. The van der Waals surface area contributed by atoms with Crippen molar-refractivity contribution in [2.24, 2.45) is 0 Å². The van der Waals surface area contributed by atoms with Gasteiger partial charge >= 0.3 is 0 Å². The minimum Gasteiger partial charge on any atom is -0.399 e. The van der Waals surface area contributed by atoms with Crippen molar-refractivity contribution >= 4 is 17.3 Å². The van der Waals surface area contributed by atoms with Crippen LogP contribution in [0.15, 0.2) is 18.2 Å². The van der Waals surface area contributed by atoms with E-state index in [0.29, 0.717) is 0 Å². The van der Waals surface area contributed by atoms with Gasteiger partial charge < -0.3 is 5.73 Å². The molecule has 2 saturated heterocycles. The molecular formula is C15H22ClN3. The third-order valence-electron chi connectivity index (χ3n) is 4.27. The van der Waals surface area contributed by atoms with Crippen LogP contribution in [0.4, 0.5) is 5.69 Å². The summed E-state index contributed by atoms with van der Waals surface area (Å²) in [6.07, 6.45) is 3.99. The minimum atomic E-state index is 0.743. The van der Waals surface area contributed by atoms with Gasteiger partial charge in [-0.15, -0.1) is 0 Å². The van der Waals surface area contributed by atoms with E-state index in [9.17, 15) is 0 Å². The van der Waals surface area contributed by atoms with E-state index < -0.39 is 0 Å². The van der Waals surface area contributed by atoms with Gasteiger partial charge in [0.25, 0.3) is 0 Å². The molecule has 4 heteroatoms. The third-order valence-corrected chi connectivity index (χ3v) is 4.49. The molecule has 2 heterocycles. The predicted molar refractivity (Wildman–Crippen MR) is 80.4 cm³/mol. The molecule has 0 saturated carbocycles. The van der Waals surface area contributed by atoms with Crippen LogP contribution in [0.2, 0.25) is 5.02 Å².